The highest BCUT2D eigenvalue weighted by Gasteiger charge is 2.16. The van der Waals surface area contributed by atoms with Crippen molar-refractivity contribution >= 4 is 5.69 Å². The molecule has 0 saturated heterocycles. The van der Waals surface area contributed by atoms with Gasteiger partial charge in [-0.05, 0) is 49.7 Å². The number of hydrogen-bond acceptors (Lipinski definition) is 4. The van der Waals surface area contributed by atoms with Crippen molar-refractivity contribution in [1.29, 1.82) is 0 Å². The first-order valence-corrected chi connectivity index (χ1v) is 6.68. The second kappa shape index (κ2) is 6.37. The summed E-state index contributed by atoms with van der Waals surface area (Å²) in [6.07, 6.45) is 0. The van der Waals surface area contributed by atoms with Gasteiger partial charge in [0.25, 0.3) is 0 Å². The third kappa shape index (κ3) is 3.58. The van der Waals surface area contributed by atoms with Crippen LogP contribution >= 0.6 is 0 Å². The molecule has 110 valence electrons. The summed E-state index contributed by atoms with van der Waals surface area (Å²) in [6.45, 7) is 4.45. The fraction of sp³-hybridized carbons (Fsp3) is 0.250. The topological polar surface area (TPSA) is 64.4 Å². The van der Waals surface area contributed by atoms with E-state index in [0.29, 0.717) is 12.3 Å². The number of aryl methyl sites for hydroxylation is 2. The van der Waals surface area contributed by atoms with E-state index < -0.39 is 4.92 Å². The largest absolute Gasteiger partial charge is 0.450 e. The number of hydrogen-bond donors (Lipinski definition) is 1. The molecule has 0 aliphatic rings. The maximum atomic E-state index is 11.1. The molecule has 0 fully saturated rings. The molecule has 0 atom stereocenters. The Morgan fingerprint density at radius 3 is 2.57 bits per heavy atom. The maximum Gasteiger partial charge on any atom is 0.311 e. The minimum absolute atomic E-state index is 0.0200. The van der Waals surface area contributed by atoms with Crippen LogP contribution in [0.25, 0.3) is 0 Å². The van der Waals surface area contributed by atoms with Gasteiger partial charge in [0.05, 0.1) is 4.92 Å². The number of rotatable bonds is 5. The summed E-state index contributed by atoms with van der Waals surface area (Å²) in [5.74, 6) is 0.894. The molecule has 2 aromatic carbocycles. The van der Waals surface area contributed by atoms with E-state index in [4.69, 9.17) is 4.74 Å². The lowest BCUT2D eigenvalue weighted by Crippen LogP contribution is -2.05. The van der Waals surface area contributed by atoms with E-state index in [2.05, 4.69) is 5.32 Å². The Morgan fingerprint density at radius 1 is 1.14 bits per heavy atom. The van der Waals surface area contributed by atoms with Crippen LogP contribution < -0.4 is 10.1 Å². The van der Waals surface area contributed by atoms with Crippen molar-refractivity contribution in [2.75, 3.05) is 7.05 Å². The highest BCUT2D eigenvalue weighted by molar-refractivity contribution is 5.51. The van der Waals surface area contributed by atoms with Crippen LogP contribution in [0.3, 0.4) is 0 Å². The Bertz CT molecular complexity index is 669. The van der Waals surface area contributed by atoms with Gasteiger partial charge in [0.2, 0.25) is 5.75 Å². The Hall–Kier alpha value is -2.40. The van der Waals surface area contributed by atoms with Crippen LogP contribution in [0.2, 0.25) is 0 Å². The lowest BCUT2D eigenvalue weighted by Gasteiger charge is -2.11. The van der Waals surface area contributed by atoms with Gasteiger partial charge < -0.3 is 10.1 Å². The smallest absolute Gasteiger partial charge is 0.311 e. The maximum absolute atomic E-state index is 11.1. The Balaban J connectivity index is 2.38. The predicted molar refractivity (Wildman–Crippen MR) is 81.9 cm³/mol. The Kier molecular flexibility index (Phi) is 4.55. The third-order valence-corrected chi connectivity index (χ3v) is 3.16. The van der Waals surface area contributed by atoms with Crippen LogP contribution in [0.15, 0.2) is 36.4 Å². The molecule has 0 aliphatic carbocycles. The van der Waals surface area contributed by atoms with Crippen LogP contribution in [0.4, 0.5) is 5.69 Å². The lowest BCUT2D eigenvalue weighted by atomic mass is 10.1. The second-order valence-corrected chi connectivity index (χ2v) is 4.96. The number of nitrogens with zero attached hydrogens (tertiary/aromatic N) is 1. The summed E-state index contributed by atoms with van der Waals surface area (Å²) in [4.78, 5) is 10.7. The number of benzene rings is 2. The van der Waals surface area contributed by atoms with Gasteiger partial charge in [0.1, 0.15) is 5.75 Å². The Morgan fingerprint density at radius 2 is 1.90 bits per heavy atom. The second-order valence-electron chi connectivity index (χ2n) is 4.96. The molecule has 0 radical (unpaired) electrons. The van der Waals surface area contributed by atoms with Crippen molar-refractivity contribution in [3.63, 3.8) is 0 Å². The number of nitro benzene ring substituents is 1. The SMILES string of the molecule is CNCc1ccc(C)c(Oc2ccc(C)cc2[N+](=O)[O-])c1. The molecule has 1 N–H and O–H groups in total. The fourth-order valence-electron chi connectivity index (χ4n) is 2.04. The molecule has 0 amide bonds. The summed E-state index contributed by atoms with van der Waals surface area (Å²) < 4.78 is 5.77. The number of nitro groups is 1. The third-order valence-electron chi connectivity index (χ3n) is 3.16. The van der Waals surface area contributed by atoms with E-state index in [9.17, 15) is 10.1 Å². The molecule has 0 aliphatic heterocycles. The van der Waals surface area contributed by atoms with E-state index in [0.717, 1.165) is 16.7 Å². The zero-order valence-electron chi connectivity index (χ0n) is 12.3. The number of nitrogens with one attached hydrogen (secondary N) is 1. The van der Waals surface area contributed by atoms with Gasteiger partial charge in [-0.3, -0.25) is 10.1 Å². The predicted octanol–water partition coefficient (Wildman–Crippen LogP) is 3.72. The van der Waals surface area contributed by atoms with Crippen molar-refractivity contribution in [2.24, 2.45) is 0 Å². The summed E-state index contributed by atoms with van der Waals surface area (Å²) in [7, 11) is 1.87. The summed E-state index contributed by atoms with van der Waals surface area (Å²) in [6, 6.07) is 10.8. The van der Waals surface area contributed by atoms with Crippen LogP contribution in [0.1, 0.15) is 16.7 Å². The zero-order chi connectivity index (χ0) is 15.4. The summed E-state index contributed by atoms with van der Waals surface area (Å²) in [5.41, 5.74) is 2.81. The molecular formula is C16H18N2O3. The van der Waals surface area contributed by atoms with E-state index in [1.54, 1.807) is 12.1 Å². The first-order valence-electron chi connectivity index (χ1n) is 6.68. The molecule has 0 heterocycles. The van der Waals surface area contributed by atoms with Gasteiger partial charge in [0.15, 0.2) is 0 Å². The molecule has 2 aromatic rings. The van der Waals surface area contributed by atoms with Crippen molar-refractivity contribution in [2.45, 2.75) is 20.4 Å². The summed E-state index contributed by atoms with van der Waals surface area (Å²) in [5, 5.41) is 14.2. The first-order chi connectivity index (χ1) is 10.0. The summed E-state index contributed by atoms with van der Waals surface area (Å²) >= 11 is 0. The van der Waals surface area contributed by atoms with Crippen molar-refractivity contribution in [3.05, 3.63) is 63.2 Å². The minimum Gasteiger partial charge on any atom is -0.450 e. The van der Waals surface area contributed by atoms with Crippen LogP contribution in [0.5, 0.6) is 11.5 Å². The van der Waals surface area contributed by atoms with Gasteiger partial charge in [-0.15, -0.1) is 0 Å². The number of ether oxygens (including phenoxy) is 1. The van der Waals surface area contributed by atoms with Crippen LogP contribution in [0, 0.1) is 24.0 Å². The molecule has 2 rings (SSSR count). The Labute approximate surface area is 123 Å². The molecule has 0 spiro atoms. The molecule has 5 heteroatoms. The van der Waals surface area contributed by atoms with E-state index in [1.807, 2.05) is 39.1 Å². The molecule has 0 saturated carbocycles. The quantitative estimate of drug-likeness (QED) is 0.672. The molecular weight excluding hydrogens is 268 g/mol. The van der Waals surface area contributed by atoms with Crippen LogP contribution in [-0.2, 0) is 6.54 Å². The van der Waals surface area contributed by atoms with Gasteiger partial charge in [-0.25, -0.2) is 0 Å². The zero-order valence-corrected chi connectivity index (χ0v) is 12.3. The van der Waals surface area contributed by atoms with Crippen molar-refractivity contribution in [1.82, 2.24) is 5.32 Å². The average Bonchev–Trinajstić information content (AvgIpc) is 2.44. The van der Waals surface area contributed by atoms with Crippen LogP contribution in [-0.4, -0.2) is 12.0 Å². The van der Waals surface area contributed by atoms with Crippen molar-refractivity contribution in [3.8, 4) is 11.5 Å². The van der Waals surface area contributed by atoms with Gasteiger partial charge in [0, 0.05) is 12.6 Å². The highest BCUT2D eigenvalue weighted by atomic mass is 16.6. The molecule has 21 heavy (non-hydrogen) atoms. The standard InChI is InChI=1S/C16H18N2O3/c1-11-4-7-15(14(8-11)18(19)20)21-16-9-13(10-17-3)6-5-12(16)2/h4-9,17H,10H2,1-3H3. The van der Waals surface area contributed by atoms with Crippen molar-refractivity contribution < 1.29 is 9.66 Å². The fourth-order valence-corrected chi connectivity index (χ4v) is 2.04. The van der Waals surface area contributed by atoms with E-state index in [1.165, 1.54) is 6.07 Å². The molecule has 5 nitrogen and oxygen atoms in total. The average molecular weight is 286 g/mol. The van der Waals surface area contributed by atoms with E-state index >= 15 is 0 Å². The first kappa shape index (κ1) is 15.0. The molecule has 0 bridgehead atoms. The van der Waals surface area contributed by atoms with E-state index in [-0.39, 0.29) is 11.4 Å². The minimum atomic E-state index is -0.422. The normalized spacial score (nSPS) is 10.4. The molecule has 0 aromatic heterocycles. The van der Waals surface area contributed by atoms with Gasteiger partial charge >= 0.3 is 5.69 Å². The molecule has 0 unspecified atom stereocenters. The lowest BCUT2D eigenvalue weighted by molar-refractivity contribution is -0.385. The van der Waals surface area contributed by atoms with Gasteiger partial charge in [-0.2, -0.15) is 0 Å². The monoisotopic (exact) mass is 286 g/mol. The van der Waals surface area contributed by atoms with Gasteiger partial charge in [-0.1, -0.05) is 18.2 Å². The highest BCUT2D eigenvalue weighted by Crippen LogP contribution is 2.33.